The average molecular weight is 343 g/mol. The van der Waals surface area contributed by atoms with Crippen molar-refractivity contribution in [1.29, 1.82) is 0 Å². The van der Waals surface area contributed by atoms with Crippen LogP contribution in [0.1, 0.15) is 35.4 Å². The van der Waals surface area contributed by atoms with E-state index in [1.165, 1.54) is 11.3 Å². The summed E-state index contributed by atoms with van der Waals surface area (Å²) >= 11 is 4.80. The summed E-state index contributed by atoms with van der Waals surface area (Å²) in [7, 11) is 0. The van der Waals surface area contributed by atoms with E-state index in [9.17, 15) is 9.59 Å². The summed E-state index contributed by atoms with van der Waals surface area (Å²) in [5.74, 6) is -0.0173. The van der Waals surface area contributed by atoms with Gasteiger partial charge in [0.2, 0.25) is 5.91 Å². The third-order valence-electron chi connectivity index (χ3n) is 3.55. The summed E-state index contributed by atoms with van der Waals surface area (Å²) in [6, 6.07) is 1.92. The Morgan fingerprint density at radius 1 is 1.37 bits per heavy atom. The van der Waals surface area contributed by atoms with Crippen molar-refractivity contribution < 1.29 is 9.59 Å². The van der Waals surface area contributed by atoms with Crippen LogP contribution in [-0.4, -0.2) is 35.3 Å². The molecular formula is C13H15BrN2O2S. The van der Waals surface area contributed by atoms with E-state index < -0.39 is 0 Å². The molecule has 1 aliphatic carbocycles. The van der Waals surface area contributed by atoms with E-state index in [0.717, 1.165) is 30.2 Å². The molecule has 0 spiro atoms. The summed E-state index contributed by atoms with van der Waals surface area (Å²) in [6.45, 7) is 0.673. The van der Waals surface area contributed by atoms with E-state index >= 15 is 0 Å². The minimum Gasteiger partial charge on any atom is -0.352 e. The predicted molar refractivity (Wildman–Crippen MR) is 77.2 cm³/mol. The van der Waals surface area contributed by atoms with Gasteiger partial charge in [-0.1, -0.05) is 0 Å². The fraction of sp³-hybridized carbons (Fsp3) is 0.538. The van der Waals surface area contributed by atoms with Crippen LogP contribution in [0.25, 0.3) is 0 Å². The fourth-order valence-electron chi connectivity index (χ4n) is 2.38. The van der Waals surface area contributed by atoms with Gasteiger partial charge in [-0.15, -0.1) is 11.3 Å². The lowest BCUT2D eigenvalue weighted by atomic mass is 10.2. The van der Waals surface area contributed by atoms with Gasteiger partial charge in [-0.25, -0.2) is 0 Å². The number of hydrogen-bond acceptors (Lipinski definition) is 3. The topological polar surface area (TPSA) is 49.4 Å². The van der Waals surface area contributed by atoms with Crippen LogP contribution in [0.4, 0.5) is 0 Å². The first-order valence-corrected chi connectivity index (χ1v) is 8.18. The number of rotatable bonds is 3. The highest BCUT2D eigenvalue weighted by atomic mass is 79.9. The quantitative estimate of drug-likeness (QED) is 0.916. The molecule has 1 aromatic rings. The number of nitrogens with zero attached hydrogens (tertiary/aromatic N) is 1. The molecular weight excluding hydrogens is 328 g/mol. The zero-order valence-corrected chi connectivity index (χ0v) is 12.8. The molecule has 6 heteroatoms. The molecule has 19 heavy (non-hydrogen) atoms. The van der Waals surface area contributed by atoms with Gasteiger partial charge in [0, 0.05) is 17.1 Å². The van der Waals surface area contributed by atoms with E-state index in [0.29, 0.717) is 17.5 Å². The normalized spacial score (nSPS) is 22.6. The Morgan fingerprint density at radius 3 is 2.79 bits per heavy atom. The maximum atomic E-state index is 12.5. The van der Waals surface area contributed by atoms with Crippen LogP contribution < -0.4 is 5.32 Å². The largest absolute Gasteiger partial charge is 0.352 e. The van der Waals surface area contributed by atoms with E-state index in [4.69, 9.17) is 0 Å². The molecule has 0 radical (unpaired) electrons. The van der Waals surface area contributed by atoms with Gasteiger partial charge in [-0.05, 0) is 53.1 Å². The minimum atomic E-state index is -0.290. The third-order valence-corrected chi connectivity index (χ3v) is 5.38. The van der Waals surface area contributed by atoms with Crippen molar-refractivity contribution in [2.45, 2.75) is 37.8 Å². The number of carbonyl (C=O) groups excluding carboxylic acids is 2. The lowest BCUT2D eigenvalue weighted by Crippen LogP contribution is -2.46. The highest BCUT2D eigenvalue weighted by Crippen LogP contribution is 2.28. The second kappa shape index (κ2) is 5.25. The van der Waals surface area contributed by atoms with Crippen molar-refractivity contribution in [3.05, 3.63) is 20.8 Å². The number of halogens is 1. The zero-order chi connectivity index (χ0) is 13.4. The summed E-state index contributed by atoms with van der Waals surface area (Å²) in [4.78, 5) is 27.0. The summed E-state index contributed by atoms with van der Waals surface area (Å²) in [5, 5.41) is 4.88. The van der Waals surface area contributed by atoms with Crippen molar-refractivity contribution in [1.82, 2.24) is 10.2 Å². The van der Waals surface area contributed by atoms with Gasteiger partial charge in [0.1, 0.15) is 10.9 Å². The van der Waals surface area contributed by atoms with Crippen LogP contribution in [0, 0.1) is 0 Å². The fourth-order valence-corrected chi connectivity index (χ4v) is 3.88. The molecule has 1 aliphatic heterocycles. The van der Waals surface area contributed by atoms with E-state index in [1.54, 1.807) is 4.90 Å². The van der Waals surface area contributed by atoms with E-state index in [-0.39, 0.29) is 17.9 Å². The minimum absolute atomic E-state index is 0.0148. The number of thiophene rings is 1. The monoisotopic (exact) mass is 342 g/mol. The molecule has 1 unspecified atom stereocenters. The highest BCUT2D eigenvalue weighted by molar-refractivity contribution is 9.10. The summed E-state index contributed by atoms with van der Waals surface area (Å²) < 4.78 is 0.816. The third kappa shape index (κ3) is 2.69. The van der Waals surface area contributed by atoms with Crippen molar-refractivity contribution in [2.24, 2.45) is 0 Å². The molecule has 2 fully saturated rings. The van der Waals surface area contributed by atoms with Gasteiger partial charge in [-0.3, -0.25) is 9.59 Å². The summed E-state index contributed by atoms with van der Waals surface area (Å²) in [5.41, 5.74) is 0. The lowest BCUT2D eigenvalue weighted by Gasteiger charge is -2.23. The molecule has 0 aromatic carbocycles. The number of amides is 2. The maximum absolute atomic E-state index is 12.5. The SMILES string of the molecule is O=C(NC1CC1)C1CCCN1C(=O)c1sccc1Br. The molecule has 1 aromatic heterocycles. The Bertz CT molecular complexity index is 512. The van der Waals surface area contributed by atoms with Crippen LogP contribution >= 0.6 is 27.3 Å². The van der Waals surface area contributed by atoms with Crippen LogP contribution in [0.15, 0.2) is 15.9 Å². The van der Waals surface area contributed by atoms with Gasteiger partial charge in [0.15, 0.2) is 0 Å². The molecule has 4 nitrogen and oxygen atoms in total. The molecule has 0 bridgehead atoms. The number of nitrogens with one attached hydrogen (secondary N) is 1. The highest BCUT2D eigenvalue weighted by Gasteiger charge is 2.37. The van der Waals surface area contributed by atoms with Crippen LogP contribution in [0.2, 0.25) is 0 Å². The molecule has 1 saturated heterocycles. The van der Waals surface area contributed by atoms with Gasteiger partial charge in [-0.2, -0.15) is 0 Å². The predicted octanol–water partition coefficient (Wildman–Crippen LogP) is 2.39. The second-order valence-corrected chi connectivity index (χ2v) is 6.81. The number of likely N-dealkylation sites (tertiary alicyclic amines) is 1. The van der Waals surface area contributed by atoms with Crippen LogP contribution in [0.3, 0.4) is 0 Å². The van der Waals surface area contributed by atoms with Crippen molar-refractivity contribution in [3.8, 4) is 0 Å². The van der Waals surface area contributed by atoms with Gasteiger partial charge < -0.3 is 10.2 Å². The van der Waals surface area contributed by atoms with Crippen LogP contribution in [-0.2, 0) is 4.79 Å². The molecule has 2 heterocycles. The van der Waals surface area contributed by atoms with Crippen molar-refractivity contribution >= 4 is 39.1 Å². The van der Waals surface area contributed by atoms with Crippen molar-refractivity contribution in [2.75, 3.05) is 6.54 Å². The first-order chi connectivity index (χ1) is 9.16. The van der Waals surface area contributed by atoms with E-state index in [2.05, 4.69) is 21.2 Å². The molecule has 1 atom stereocenters. The standard InChI is InChI=1S/C13H15BrN2O2S/c14-9-5-7-19-11(9)13(18)16-6-1-2-10(16)12(17)15-8-3-4-8/h5,7-8,10H,1-4,6H2,(H,15,17). The first-order valence-electron chi connectivity index (χ1n) is 6.51. The molecule has 1 saturated carbocycles. The Labute approximate surface area is 124 Å². The Morgan fingerprint density at radius 2 is 2.16 bits per heavy atom. The van der Waals surface area contributed by atoms with Gasteiger partial charge >= 0.3 is 0 Å². The molecule has 102 valence electrons. The smallest absolute Gasteiger partial charge is 0.265 e. The Balaban J connectivity index is 1.73. The van der Waals surface area contributed by atoms with Crippen LogP contribution in [0.5, 0.6) is 0 Å². The maximum Gasteiger partial charge on any atom is 0.265 e. The second-order valence-electron chi connectivity index (χ2n) is 5.04. The molecule has 1 N–H and O–H groups in total. The van der Waals surface area contributed by atoms with Gasteiger partial charge in [0.25, 0.3) is 5.91 Å². The number of hydrogen-bond donors (Lipinski definition) is 1. The van der Waals surface area contributed by atoms with E-state index in [1.807, 2.05) is 11.4 Å². The molecule has 3 rings (SSSR count). The van der Waals surface area contributed by atoms with Crippen molar-refractivity contribution in [3.63, 3.8) is 0 Å². The average Bonchev–Trinajstić information content (AvgIpc) is 2.92. The summed E-state index contributed by atoms with van der Waals surface area (Å²) in [6.07, 6.45) is 3.82. The molecule has 2 aliphatic rings. The number of carbonyl (C=O) groups is 2. The molecule has 2 amide bonds. The first kappa shape index (κ1) is 13.1. The zero-order valence-electron chi connectivity index (χ0n) is 10.4. The Hall–Kier alpha value is -0.880. The Kier molecular flexibility index (Phi) is 3.62. The lowest BCUT2D eigenvalue weighted by molar-refractivity contribution is -0.125. The van der Waals surface area contributed by atoms with Gasteiger partial charge in [0.05, 0.1) is 0 Å².